The van der Waals surface area contributed by atoms with Gasteiger partial charge in [0.25, 0.3) is 0 Å². The zero-order valence-electron chi connectivity index (χ0n) is 11.4. The van der Waals surface area contributed by atoms with Gasteiger partial charge in [-0.25, -0.2) is 9.36 Å². The van der Waals surface area contributed by atoms with Gasteiger partial charge in [0.15, 0.2) is 11.6 Å². The molecule has 0 aliphatic carbocycles. The Morgan fingerprint density at radius 2 is 2.05 bits per heavy atom. The van der Waals surface area contributed by atoms with Crippen molar-refractivity contribution in [3.63, 3.8) is 0 Å². The van der Waals surface area contributed by atoms with Crippen molar-refractivity contribution in [1.82, 2.24) is 19.5 Å². The minimum absolute atomic E-state index is 0.203. The highest BCUT2D eigenvalue weighted by Gasteiger charge is 2.16. The lowest BCUT2D eigenvalue weighted by Gasteiger charge is -2.09. The molecule has 2 heterocycles. The average Bonchev–Trinajstić information content (AvgIpc) is 2.81. The van der Waals surface area contributed by atoms with Crippen LogP contribution < -0.4 is 11.4 Å². The number of aromatic nitrogens is 4. The first kappa shape index (κ1) is 13.3. The molecular weight excluding hydrogens is 270 g/mol. The summed E-state index contributed by atoms with van der Waals surface area (Å²) in [6.07, 6.45) is -0.361. The number of aromatic amines is 1. The molecule has 3 rings (SSSR count). The van der Waals surface area contributed by atoms with E-state index in [-0.39, 0.29) is 12.4 Å². The third kappa shape index (κ3) is 2.38. The quantitative estimate of drug-likeness (QED) is 0.653. The van der Waals surface area contributed by atoms with Crippen LogP contribution in [-0.4, -0.2) is 30.7 Å². The van der Waals surface area contributed by atoms with E-state index in [2.05, 4.69) is 15.0 Å². The summed E-state index contributed by atoms with van der Waals surface area (Å²) in [7, 11) is 0. The van der Waals surface area contributed by atoms with Gasteiger partial charge in [0.2, 0.25) is 0 Å². The number of nitrogen functional groups attached to an aromatic ring is 1. The Balaban J connectivity index is 2.32. The van der Waals surface area contributed by atoms with Crippen LogP contribution in [0.25, 0.3) is 16.9 Å². The molecule has 0 amide bonds. The Labute approximate surface area is 120 Å². The first-order valence-corrected chi connectivity index (χ1v) is 6.57. The Morgan fingerprint density at radius 3 is 2.71 bits per heavy atom. The molecule has 0 aliphatic heterocycles. The molecule has 1 aromatic carbocycles. The van der Waals surface area contributed by atoms with Crippen LogP contribution in [0.5, 0.6) is 0 Å². The van der Waals surface area contributed by atoms with Crippen molar-refractivity contribution in [3.05, 3.63) is 46.5 Å². The van der Waals surface area contributed by atoms with Crippen molar-refractivity contribution in [1.29, 1.82) is 0 Å². The fourth-order valence-electron chi connectivity index (χ4n) is 2.29. The van der Waals surface area contributed by atoms with E-state index in [9.17, 15) is 9.90 Å². The average molecular weight is 285 g/mol. The molecule has 108 valence electrons. The summed E-state index contributed by atoms with van der Waals surface area (Å²) in [5.74, 6) is 0.203. The van der Waals surface area contributed by atoms with E-state index in [1.54, 1.807) is 19.1 Å². The van der Waals surface area contributed by atoms with Crippen molar-refractivity contribution in [3.8, 4) is 5.69 Å². The van der Waals surface area contributed by atoms with E-state index in [0.29, 0.717) is 22.5 Å². The first-order valence-electron chi connectivity index (χ1n) is 6.57. The van der Waals surface area contributed by atoms with Crippen LogP contribution >= 0.6 is 0 Å². The third-order valence-corrected chi connectivity index (χ3v) is 3.13. The van der Waals surface area contributed by atoms with Crippen molar-refractivity contribution in [2.45, 2.75) is 19.4 Å². The van der Waals surface area contributed by atoms with Crippen LogP contribution in [0.1, 0.15) is 12.6 Å². The normalized spacial score (nSPS) is 12.7. The van der Waals surface area contributed by atoms with E-state index in [4.69, 9.17) is 5.73 Å². The van der Waals surface area contributed by atoms with Gasteiger partial charge < -0.3 is 15.8 Å². The maximum atomic E-state index is 12.3. The topological polar surface area (TPSA) is 110 Å². The number of fused-ring (bicyclic) bond motifs is 1. The Morgan fingerprint density at radius 1 is 1.33 bits per heavy atom. The van der Waals surface area contributed by atoms with Crippen LogP contribution in [-0.2, 0) is 6.42 Å². The summed E-state index contributed by atoms with van der Waals surface area (Å²) in [5, 5.41) is 9.53. The molecule has 0 radical (unpaired) electrons. The first-order chi connectivity index (χ1) is 10.1. The zero-order chi connectivity index (χ0) is 15.0. The lowest BCUT2D eigenvalue weighted by atomic mass is 10.2. The second-order valence-electron chi connectivity index (χ2n) is 4.89. The number of para-hydroxylation sites is 1. The molecule has 0 spiro atoms. The molecule has 4 N–H and O–H groups in total. The Hall–Kier alpha value is -2.67. The van der Waals surface area contributed by atoms with Crippen LogP contribution in [0.2, 0.25) is 0 Å². The molecule has 0 saturated carbocycles. The number of hydrogen-bond acceptors (Lipinski definition) is 5. The molecule has 21 heavy (non-hydrogen) atoms. The number of H-pyrrole nitrogens is 1. The summed E-state index contributed by atoms with van der Waals surface area (Å²) in [6.45, 7) is 1.63. The molecule has 0 saturated heterocycles. The number of aliphatic hydroxyl groups excluding tert-OH is 1. The summed E-state index contributed by atoms with van der Waals surface area (Å²) >= 11 is 0. The van der Waals surface area contributed by atoms with Crippen molar-refractivity contribution >= 4 is 17.1 Å². The predicted molar refractivity (Wildman–Crippen MR) is 79.3 cm³/mol. The van der Waals surface area contributed by atoms with Gasteiger partial charge in [-0.1, -0.05) is 18.2 Å². The highest BCUT2D eigenvalue weighted by atomic mass is 16.3. The van der Waals surface area contributed by atoms with Crippen molar-refractivity contribution in [2.75, 3.05) is 5.73 Å². The lowest BCUT2D eigenvalue weighted by Crippen LogP contribution is -2.24. The van der Waals surface area contributed by atoms with Crippen molar-refractivity contribution < 1.29 is 5.11 Å². The number of nitrogens with one attached hydrogen (secondary N) is 1. The van der Waals surface area contributed by atoms with Gasteiger partial charge >= 0.3 is 5.69 Å². The smallest absolute Gasteiger partial charge is 0.354 e. The number of hydrogen-bond donors (Lipinski definition) is 3. The second kappa shape index (κ2) is 5.02. The molecular formula is C14H15N5O2. The number of nitrogens with zero attached hydrogens (tertiary/aromatic N) is 3. The van der Waals surface area contributed by atoms with E-state index < -0.39 is 11.8 Å². The molecule has 1 atom stereocenters. The summed E-state index contributed by atoms with van der Waals surface area (Å²) in [4.78, 5) is 23.5. The van der Waals surface area contributed by atoms with Gasteiger partial charge in [-0.2, -0.15) is 9.97 Å². The highest BCUT2D eigenvalue weighted by molar-refractivity contribution is 5.77. The summed E-state index contributed by atoms with van der Waals surface area (Å²) < 4.78 is 1.40. The molecule has 0 bridgehead atoms. The molecule has 7 nitrogen and oxygen atoms in total. The maximum absolute atomic E-state index is 12.3. The van der Waals surface area contributed by atoms with Gasteiger partial charge in [0, 0.05) is 6.42 Å². The number of anilines is 1. The molecule has 0 fully saturated rings. The third-order valence-electron chi connectivity index (χ3n) is 3.13. The number of imidazole rings is 1. The largest absolute Gasteiger partial charge is 0.393 e. The second-order valence-corrected chi connectivity index (χ2v) is 4.89. The van der Waals surface area contributed by atoms with E-state index in [1.807, 2.05) is 18.2 Å². The minimum Gasteiger partial charge on any atom is -0.393 e. The number of nitrogens with two attached hydrogens (primary N) is 1. The van der Waals surface area contributed by atoms with Crippen LogP contribution in [0, 0.1) is 0 Å². The van der Waals surface area contributed by atoms with Crippen LogP contribution in [0.3, 0.4) is 0 Å². The van der Waals surface area contributed by atoms with Gasteiger partial charge in [-0.15, -0.1) is 0 Å². The summed E-state index contributed by atoms with van der Waals surface area (Å²) in [5.41, 5.74) is 7.37. The van der Waals surface area contributed by atoms with Crippen LogP contribution in [0.15, 0.2) is 35.1 Å². The van der Waals surface area contributed by atoms with Gasteiger partial charge in [-0.3, -0.25) is 0 Å². The standard InChI is InChI=1S/C14H15N5O2/c1-8(20)7-10-11-12(18-13(15)17-11)19(14(21)16-10)9-5-3-2-4-6-9/h2-6,8,20H,7H2,1H3,(H3,15,17,18). The predicted octanol–water partition coefficient (Wildman–Crippen LogP) is 0.614. The molecule has 3 aromatic rings. The van der Waals surface area contributed by atoms with Crippen molar-refractivity contribution in [2.24, 2.45) is 0 Å². The van der Waals surface area contributed by atoms with E-state index in [0.717, 1.165) is 0 Å². The molecule has 7 heteroatoms. The summed E-state index contributed by atoms with van der Waals surface area (Å²) in [6, 6.07) is 9.10. The van der Waals surface area contributed by atoms with Crippen LogP contribution in [0.4, 0.5) is 5.95 Å². The minimum atomic E-state index is -0.614. The number of aliphatic hydroxyl groups is 1. The molecule has 2 aromatic heterocycles. The Kier molecular flexibility index (Phi) is 3.19. The highest BCUT2D eigenvalue weighted by Crippen LogP contribution is 2.18. The fraction of sp³-hybridized carbons (Fsp3) is 0.214. The van der Waals surface area contributed by atoms with Gasteiger partial charge in [0.05, 0.1) is 17.5 Å². The SMILES string of the molecule is CC(O)Cc1nc(=O)n(-c2ccccc2)c2nc(N)[nH]c12. The lowest BCUT2D eigenvalue weighted by molar-refractivity contribution is 0.194. The van der Waals surface area contributed by atoms with Gasteiger partial charge in [-0.05, 0) is 19.1 Å². The van der Waals surface area contributed by atoms with E-state index >= 15 is 0 Å². The Bertz CT molecular complexity index is 836. The molecule has 0 aliphatic rings. The number of rotatable bonds is 3. The van der Waals surface area contributed by atoms with Gasteiger partial charge in [0.1, 0.15) is 5.52 Å². The van der Waals surface area contributed by atoms with E-state index in [1.165, 1.54) is 4.57 Å². The fourth-order valence-corrected chi connectivity index (χ4v) is 2.29. The maximum Gasteiger partial charge on any atom is 0.354 e. The monoisotopic (exact) mass is 285 g/mol. The zero-order valence-corrected chi connectivity index (χ0v) is 11.4. The number of benzene rings is 1. The molecule has 1 unspecified atom stereocenters.